The summed E-state index contributed by atoms with van der Waals surface area (Å²) >= 11 is 0. The largest absolute Gasteiger partial charge is 0.449 e. The van der Waals surface area contributed by atoms with Crippen LogP contribution in [0.25, 0.3) is 0 Å². The second-order valence-corrected chi connectivity index (χ2v) is 8.99. The Kier molecular flexibility index (Phi) is 7.56. The number of rotatable bonds is 7. The maximum Gasteiger partial charge on any atom is 0.338 e. The summed E-state index contributed by atoms with van der Waals surface area (Å²) in [4.78, 5) is 29.4. The normalized spacial score (nSPS) is 21.2. The average molecular weight is 413 g/mol. The van der Waals surface area contributed by atoms with E-state index in [-0.39, 0.29) is 22.4 Å². The van der Waals surface area contributed by atoms with E-state index in [2.05, 4.69) is 12.2 Å². The van der Waals surface area contributed by atoms with E-state index in [1.54, 1.807) is 0 Å². The van der Waals surface area contributed by atoms with E-state index >= 15 is 0 Å². The molecule has 0 radical (unpaired) electrons. The zero-order valence-corrected chi connectivity index (χ0v) is 17.5. The Balaban J connectivity index is 2.04. The monoisotopic (exact) mass is 412 g/mol. The van der Waals surface area contributed by atoms with Crippen LogP contribution in [-0.4, -0.2) is 51.1 Å². The number of sulfonamides is 1. The zero-order valence-electron chi connectivity index (χ0n) is 16.7. The summed E-state index contributed by atoms with van der Waals surface area (Å²) in [5.41, 5.74) is 0.0382. The van der Waals surface area contributed by atoms with Gasteiger partial charge in [0.1, 0.15) is 0 Å². The molecular weight excluding hydrogens is 384 g/mol. The van der Waals surface area contributed by atoms with Gasteiger partial charge in [-0.1, -0.05) is 30.3 Å². The van der Waals surface area contributed by atoms with Gasteiger partial charge in [-0.2, -0.15) is 0 Å². The topological polar surface area (TPSA) is 102 Å². The van der Waals surface area contributed by atoms with Crippen molar-refractivity contribution in [1.29, 1.82) is 0 Å². The third kappa shape index (κ3) is 5.30. The number of benzene rings is 1. The van der Waals surface area contributed by atoms with Crippen molar-refractivity contribution in [3.8, 4) is 0 Å². The fraction of sp³-hybridized carbons (Fsp3) is 0.579. The lowest BCUT2D eigenvalue weighted by Gasteiger charge is -2.30. The zero-order chi connectivity index (χ0) is 20.9. The molecular formula is C19H28N2O6S. The summed E-state index contributed by atoms with van der Waals surface area (Å²) in [5, 5.41) is 2.95. The Morgan fingerprint density at radius 2 is 1.93 bits per heavy atom. The number of nitrogens with one attached hydrogen (secondary N) is 1. The molecule has 0 saturated heterocycles. The second-order valence-electron chi connectivity index (χ2n) is 7.05. The Bertz CT molecular complexity index is 810. The first kappa shape index (κ1) is 22.3. The summed E-state index contributed by atoms with van der Waals surface area (Å²) in [6, 6.07) is 5.49. The van der Waals surface area contributed by atoms with Gasteiger partial charge in [0.15, 0.2) is 6.10 Å². The van der Waals surface area contributed by atoms with Gasteiger partial charge < -0.3 is 10.1 Å². The highest BCUT2D eigenvalue weighted by molar-refractivity contribution is 7.89. The molecule has 0 heterocycles. The molecule has 1 N–H and O–H groups in total. The van der Waals surface area contributed by atoms with Crippen LogP contribution in [-0.2, 0) is 24.4 Å². The number of carbonyl (C=O) groups is 2. The van der Waals surface area contributed by atoms with E-state index in [1.165, 1.54) is 45.3 Å². The van der Waals surface area contributed by atoms with Crippen LogP contribution in [0.3, 0.4) is 0 Å². The first-order valence-corrected chi connectivity index (χ1v) is 10.7. The van der Waals surface area contributed by atoms with Crippen LogP contribution >= 0.6 is 0 Å². The molecule has 3 atom stereocenters. The minimum absolute atomic E-state index is 0.0382. The van der Waals surface area contributed by atoms with E-state index in [0.717, 1.165) is 25.7 Å². The van der Waals surface area contributed by atoms with Gasteiger partial charge >= 0.3 is 5.97 Å². The molecule has 1 aliphatic carbocycles. The lowest BCUT2D eigenvalue weighted by Crippen LogP contribution is -2.46. The van der Waals surface area contributed by atoms with Crippen LogP contribution in [0.2, 0.25) is 0 Å². The van der Waals surface area contributed by atoms with Crippen molar-refractivity contribution in [3.63, 3.8) is 0 Å². The molecule has 8 nitrogen and oxygen atoms in total. The second kappa shape index (κ2) is 9.49. The Morgan fingerprint density at radius 3 is 2.57 bits per heavy atom. The molecule has 1 fully saturated rings. The van der Waals surface area contributed by atoms with Gasteiger partial charge in [0.05, 0.1) is 17.6 Å². The van der Waals surface area contributed by atoms with Crippen LogP contribution in [0.15, 0.2) is 29.2 Å². The van der Waals surface area contributed by atoms with Crippen LogP contribution in [0, 0.1) is 5.92 Å². The molecule has 1 aromatic carbocycles. The SMILES string of the molecule is CON(C)S(=O)(=O)c1cccc(C(=O)O[C@H](C)C(=O)N[C@@H]2CCCC[C@@H]2C)c1. The number of ether oxygens (including phenoxy) is 1. The highest BCUT2D eigenvalue weighted by Gasteiger charge is 2.27. The highest BCUT2D eigenvalue weighted by Crippen LogP contribution is 2.24. The molecule has 1 aromatic rings. The summed E-state index contributed by atoms with van der Waals surface area (Å²) in [6.45, 7) is 3.60. The lowest BCUT2D eigenvalue weighted by molar-refractivity contribution is -0.130. The lowest BCUT2D eigenvalue weighted by atomic mass is 9.86. The predicted octanol–water partition coefficient (Wildman–Crippen LogP) is 2.11. The van der Waals surface area contributed by atoms with Gasteiger partial charge in [-0.05, 0) is 43.9 Å². The predicted molar refractivity (Wildman–Crippen MR) is 103 cm³/mol. The van der Waals surface area contributed by atoms with E-state index in [1.807, 2.05) is 0 Å². The number of hydrogen-bond acceptors (Lipinski definition) is 6. The van der Waals surface area contributed by atoms with Gasteiger partial charge in [-0.3, -0.25) is 9.63 Å². The van der Waals surface area contributed by atoms with Gasteiger partial charge in [-0.15, -0.1) is 0 Å². The van der Waals surface area contributed by atoms with Crippen molar-refractivity contribution in [2.45, 2.75) is 56.6 Å². The molecule has 1 amide bonds. The number of hydroxylamine groups is 1. The van der Waals surface area contributed by atoms with Gasteiger partial charge in [0.25, 0.3) is 15.9 Å². The quantitative estimate of drug-likeness (QED) is 0.544. The summed E-state index contributed by atoms with van der Waals surface area (Å²) in [6.07, 6.45) is 3.23. The van der Waals surface area contributed by atoms with Crippen LogP contribution in [0.5, 0.6) is 0 Å². The fourth-order valence-electron chi connectivity index (χ4n) is 3.14. The summed E-state index contributed by atoms with van der Waals surface area (Å²) in [5.74, 6) is -0.730. The van der Waals surface area contributed by atoms with E-state index in [4.69, 9.17) is 9.57 Å². The number of esters is 1. The maximum atomic E-state index is 12.4. The molecule has 0 bridgehead atoms. The van der Waals surface area contributed by atoms with Crippen molar-refractivity contribution in [2.24, 2.45) is 5.92 Å². The molecule has 156 valence electrons. The van der Waals surface area contributed by atoms with Gasteiger partial charge in [0.2, 0.25) is 0 Å². The molecule has 0 spiro atoms. The standard InChI is InChI=1S/C19H28N2O6S/c1-13-8-5-6-11-17(13)20-18(22)14(2)27-19(23)15-9-7-10-16(12-15)28(24,25)21(3)26-4/h7,9-10,12-14,17H,5-6,8,11H2,1-4H3,(H,20,22)/t13-,14+,17+/m0/s1. The highest BCUT2D eigenvalue weighted by atomic mass is 32.2. The van der Waals surface area contributed by atoms with Crippen molar-refractivity contribution in [1.82, 2.24) is 9.79 Å². The van der Waals surface area contributed by atoms with E-state index in [9.17, 15) is 18.0 Å². The smallest absolute Gasteiger partial charge is 0.338 e. The minimum Gasteiger partial charge on any atom is -0.449 e. The molecule has 1 aliphatic rings. The third-order valence-electron chi connectivity index (χ3n) is 5.06. The number of carbonyl (C=O) groups excluding carboxylic acids is 2. The molecule has 2 rings (SSSR count). The number of hydrogen-bond donors (Lipinski definition) is 1. The Labute approximate surface area is 166 Å². The molecule has 0 aromatic heterocycles. The maximum absolute atomic E-state index is 12.4. The molecule has 1 saturated carbocycles. The summed E-state index contributed by atoms with van der Waals surface area (Å²) < 4.78 is 30.5. The summed E-state index contributed by atoms with van der Waals surface area (Å²) in [7, 11) is -1.42. The van der Waals surface area contributed by atoms with Crippen molar-refractivity contribution in [2.75, 3.05) is 14.2 Å². The fourth-order valence-corrected chi connectivity index (χ4v) is 4.16. The number of amides is 1. The van der Waals surface area contributed by atoms with Gasteiger partial charge in [-0.25, -0.2) is 13.2 Å². The molecule has 0 unspecified atom stereocenters. The first-order valence-electron chi connectivity index (χ1n) is 9.31. The van der Waals surface area contributed by atoms with E-state index < -0.39 is 22.1 Å². The van der Waals surface area contributed by atoms with Crippen molar-refractivity contribution < 1.29 is 27.6 Å². The van der Waals surface area contributed by atoms with Crippen LogP contribution in [0.4, 0.5) is 0 Å². The van der Waals surface area contributed by atoms with Crippen molar-refractivity contribution in [3.05, 3.63) is 29.8 Å². The minimum atomic E-state index is -3.89. The van der Waals surface area contributed by atoms with E-state index in [0.29, 0.717) is 10.4 Å². The van der Waals surface area contributed by atoms with Crippen molar-refractivity contribution >= 4 is 21.9 Å². The number of nitrogens with zero attached hydrogens (tertiary/aromatic N) is 1. The Hall–Kier alpha value is -1.97. The third-order valence-corrected chi connectivity index (χ3v) is 6.73. The molecule has 0 aliphatic heterocycles. The average Bonchev–Trinajstić information content (AvgIpc) is 2.68. The van der Waals surface area contributed by atoms with Crippen LogP contribution < -0.4 is 5.32 Å². The Morgan fingerprint density at radius 1 is 1.25 bits per heavy atom. The molecule has 9 heteroatoms. The van der Waals surface area contributed by atoms with Gasteiger partial charge in [0, 0.05) is 13.1 Å². The molecule has 28 heavy (non-hydrogen) atoms. The first-order chi connectivity index (χ1) is 13.2. The van der Waals surface area contributed by atoms with Crippen LogP contribution in [0.1, 0.15) is 49.9 Å².